The highest BCUT2D eigenvalue weighted by molar-refractivity contribution is 6.35. The molecular weight excluding hydrogens is 452 g/mol. The molecule has 1 saturated heterocycles. The first kappa shape index (κ1) is 22.1. The number of fused-ring (bicyclic) bond motifs is 1. The number of benzene rings is 2. The number of aromatic nitrogens is 3. The molecule has 0 radical (unpaired) electrons. The Morgan fingerprint density at radius 1 is 1.09 bits per heavy atom. The Kier molecular flexibility index (Phi) is 6.51. The fourth-order valence-corrected chi connectivity index (χ4v) is 3.86. The standard InChI is InChI=1S/C25H23ClN6O2/c1-17-3-2-4-18(13-17)16-28-31-23-15-24(32-9-11-33-12-10-32)30-25(29-23)34-19-5-6-22-20(14-19)21(26)7-8-27-22/h2-8,13-16H,9-12H2,1H3,(H,29,30,31)/b28-16+. The average Bonchev–Trinajstić information content (AvgIpc) is 2.85. The Hall–Kier alpha value is -3.75. The fraction of sp³-hybridized carbons (Fsp3) is 0.200. The van der Waals surface area contributed by atoms with Gasteiger partial charge in [0.1, 0.15) is 11.6 Å². The SMILES string of the molecule is Cc1cccc(/C=N/Nc2cc(N3CCOCC3)nc(Oc3ccc4nccc(Cl)c4c3)n2)c1. The van der Waals surface area contributed by atoms with Gasteiger partial charge in [0.15, 0.2) is 5.82 Å². The molecular formula is C25H23ClN6O2. The summed E-state index contributed by atoms with van der Waals surface area (Å²) in [5.41, 5.74) is 5.96. The fourth-order valence-electron chi connectivity index (χ4n) is 3.65. The molecule has 0 unspecified atom stereocenters. The molecule has 1 fully saturated rings. The molecule has 0 aliphatic carbocycles. The lowest BCUT2D eigenvalue weighted by atomic mass is 10.2. The zero-order chi connectivity index (χ0) is 23.3. The van der Waals surface area contributed by atoms with Crippen molar-refractivity contribution in [3.8, 4) is 11.8 Å². The minimum atomic E-state index is 0.205. The molecule has 2 aromatic carbocycles. The molecule has 0 spiro atoms. The van der Waals surface area contributed by atoms with Gasteiger partial charge in [0.25, 0.3) is 0 Å². The molecule has 34 heavy (non-hydrogen) atoms. The van der Waals surface area contributed by atoms with Crippen molar-refractivity contribution in [2.24, 2.45) is 5.10 Å². The number of pyridine rings is 1. The normalized spacial score (nSPS) is 14.0. The Morgan fingerprint density at radius 2 is 1.97 bits per heavy atom. The van der Waals surface area contributed by atoms with E-state index in [2.05, 4.69) is 36.4 Å². The lowest BCUT2D eigenvalue weighted by molar-refractivity contribution is 0.122. The summed E-state index contributed by atoms with van der Waals surface area (Å²) in [6.07, 6.45) is 3.43. The van der Waals surface area contributed by atoms with E-state index in [-0.39, 0.29) is 6.01 Å². The first-order valence-electron chi connectivity index (χ1n) is 10.9. The van der Waals surface area contributed by atoms with Crippen LogP contribution < -0.4 is 15.1 Å². The van der Waals surface area contributed by atoms with E-state index in [1.54, 1.807) is 18.5 Å². The van der Waals surface area contributed by atoms with Crippen molar-refractivity contribution in [3.05, 3.63) is 76.9 Å². The zero-order valence-corrected chi connectivity index (χ0v) is 19.4. The van der Waals surface area contributed by atoms with Crippen LogP contribution in [0.5, 0.6) is 11.8 Å². The summed E-state index contributed by atoms with van der Waals surface area (Å²) in [5.74, 6) is 1.83. The molecule has 4 aromatic rings. The molecule has 1 N–H and O–H groups in total. The molecule has 0 atom stereocenters. The second kappa shape index (κ2) is 10.0. The van der Waals surface area contributed by atoms with Crippen LogP contribution in [0.1, 0.15) is 11.1 Å². The smallest absolute Gasteiger partial charge is 0.325 e. The molecule has 0 bridgehead atoms. The van der Waals surface area contributed by atoms with E-state index in [1.165, 1.54) is 5.56 Å². The molecule has 0 saturated carbocycles. The number of nitrogens with one attached hydrogen (secondary N) is 1. The van der Waals surface area contributed by atoms with Crippen LogP contribution >= 0.6 is 11.6 Å². The van der Waals surface area contributed by atoms with Crippen LogP contribution in [0.15, 0.2) is 65.9 Å². The van der Waals surface area contributed by atoms with Gasteiger partial charge in [0.05, 0.1) is 30.0 Å². The molecule has 1 aliphatic heterocycles. The Labute approximate surface area is 202 Å². The van der Waals surface area contributed by atoms with Gasteiger partial charge in [-0.1, -0.05) is 41.4 Å². The summed E-state index contributed by atoms with van der Waals surface area (Å²) in [5, 5.41) is 5.75. The number of ether oxygens (including phenoxy) is 2. The monoisotopic (exact) mass is 474 g/mol. The van der Waals surface area contributed by atoms with Crippen molar-refractivity contribution >= 4 is 40.4 Å². The van der Waals surface area contributed by atoms with E-state index in [4.69, 9.17) is 21.1 Å². The predicted octanol–water partition coefficient (Wildman–Crippen LogP) is 5.06. The number of nitrogens with zero attached hydrogens (tertiary/aromatic N) is 5. The largest absolute Gasteiger partial charge is 0.424 e. The van der Waals surface area contributed by atoms with E-state index in [0.29, 0.717) is 29.8 Å². The number of hydrazone groups is 1. The van der Waals surface area contributed by atoms with Crippen LogP contribution in [-0.4, -0.2) is 47.5 Å². The van der Waals surface area contributed by atoms with Gasteiger partial charge >= 0.3 is 6.01 Å². The first-order chi connectivity index (χ1) is 16.6. The van der Waals surface area contributed by atoms with Gasteiger partial charge in [-0.25, -0.2) is 0 Å². The van der Waals surface area contributed by atoms with Crippen molar-refractivity contribution in [2.45, 2.75) is 6.92 Å². The van der Waals surface area contributed by atoms with Gasteiger partial charge < -0.3 is 14.4 Å². The van der Waals surface area contributed by atoms with Gasteiger partial charge in [-0.3, -0.25) is 10.4 Å². The highest BCUT2D eigenvalue weighted by atomic mass is 35.5. The van der Waals surface area contributed by atoms with Crippen LogP contribution in [0.2, 0.25) is 5.02 Å². The van der Waals surface area contributed by atoms with Crippen LogP contribution in [0, 0.1) is 6.92 Å². The van der Waals surface area contributed by atoms with Gasteiger partial charge in [-0.2, -0.15) is 15.1 Å². The third kappa shape index (κ3) is 5.24. The molecule has 0 amide bonds. The number of aryl methyl sites for hydroxylation is 1. The average molecular weight is 475 g/mol. The zero-order valence-electron chi connectivity index (χ0n) is 18.6. The van der Waals surface area contributed by atoms with Gasteiger partial charge in [-0.15, -0.1) is 0 Å². The van der Waals surface area contributed by atoms with Crippen LogP contribution in [-0.2, 0) is 4.74 Å². The third-order valence-electron chi connectivity index (χ3n) is 5.33. The summed E-state index contributed by atoms with van der Waals surface area (Å²) in [7, 11) is 0. The number of anilines is 2. The van der Waals surface area contributed by atoms with Crippen LogP contribution in [0.25, 0.3) is 10.9 Å². The number of morpholine rings is 1. The number of hydrogen-bond donors (Lipinski definition) is 1. The van der Waals surface area contributed by atoms with Gasteiger partial charge in [0.2, 0.25) is 0 Å². The molecule has 1 aliphatic rings. The van der Waals surface area contributed by atoms with E-state index in [1.807, 2.05) is 49.4 Å². The minimum absolute atomic E-state index is 0.205. The first-order valence-corrected chi connectivity index (χ1v) is 11.3. The van der Waals surface area contributed by atoms with E-state index < -0.39 is 0 Å². The highest BCUT2D eigenvalue weighted by Gasteiger charge is 2.16. The quantitative estimate of drug-likeness (QED) is 0.309. The Morgan fingerprint density at radius 3 is 2.82 bits per heavy atom. The van der Waals surface area contributed by atoms with Crippen LogP contribution in [0.3, 0.4) is 0 Å². The molecule has 3 heterocycles. The third-order valence-corrected chi connectivity index (χ3v) is 5.66. The summed E-state index contributed by atoms with van der Waals surface area (Å²) < 4.78 is 11.5. The maximum Gasteiger partial charge on any atom is 0.325 e. The van der Waals surface area contributed by atoms with E-state index in [9.17, 15) is 0 Å². The molecule has 9 heteroatoms. The van der Waals surface area contributed by atoms with Crippen LogP contribution in [0.4, 0.5) is 11.6 Å². The van der Waals surface area contributed by atoms with E-state index >= 15 is 0 Å². The van der Waals surface area contributed by atoms with Gasteiger partial charge in [0, 0.05) is 30.7 Å². The van der Waals surface area contributed by atoms with Crippen molar-refractivity contribution in [2.75, 3.05) is 36.6 Å². The lowest BCUT2D eigenvalue weighted by Crippen LogP contribution is -2.36. The topological polar surface area (TPSA) is 84.8 Å². The summed E-state index contributed by atoms with van der Waals surface area (Å²) in [6.45, 7) is 4.80. The maximum absolute atomic E-state index is 6.33. The highest BCUT2D eigenvalue weighted by Crippen LogP contribution is 2.29. The number of hydrogen-bond acceptors (Lipinski definition) is 8. The van der Waals surface area contributed by atoms with Crippen molar-refractivity contribution in [1.29, 1.82) is 0 Å². The van der Waals surface area contributed by atoms with Crippen molar-refractivity contribution in [3.63, 3.8) is 0 Å². The molecule has 8 nitrogen and oxygen atoms in total. The number of rotatable bonds is 6. The predicted molar refractivity (Wildman–Crippen MR) is 134 cm³/mol. The summed E-state index contributed by atoms with van der Waals surface area (Å²) in [4.78, 5) is 15.6. The van der Waals surface area contributed by atoms with Gasteiger partial charge in [-0.05, 0) is 36.8 Å². The second-order valence-corrected chi connectivity index (χ2v) is 8.26. The maximum atomic E-state index is 6.33. The minimum Gasteiger partial charge on any atom is -0.424 e. The molecule has 172 valence electrons. The lowest BCUT2D eigenvalue weighted by Gasteiger charge is -2.28. The molecule has 2 aromatic heterocycles. The molecule has 5 rings (SSSR count). The Bertz CT molecular complexity index is 1340. The van der Waals surface area contributed by atoms with Crippen molar-refractivity contribution in [1.82, 2.24) is 15.0 Å². The summed E-state index contributed by atoms with van der Waals surface area (Å²) >= 11 is 6.33. The second-order valence-electron chi connectivity index (χ2n) is 7.85. The van der Waals surface area contributed by atoms with Crippen molar-refractivity contribution < 1.29 is 9.47 Å². The number of halogens is 1. The van der Waals surface area contributed by atoms with E-state index in [0.717, 1.165) is 35.4 Å². The summed E-state index contributed by atoms with van der Waals surface area (Å²) in [6, 6.07) is 17.4. The Balaban J connectivity index is 1.43.